The van der Waals surface area contributed by atoms with Gasteiger partial charge < -0.3 is 9.47 Å². The SMILES string of the molecule is COc1cc(F)c(F)cc1OC. The minimum Gasteiger partial charge on any atom is -0.493 e. The van der Waals surface area contributed by atoms with Crippen LogP contribution >= 0.6 is 0 Å². The van der Waals surface area contributed by atoms with Crippen molar-refractivity contribution in [3.8, 4) is 11.5 Å². The lowest BCUT2D eigenvalue weighted by atomic mass is 10.3. The largest absolute Gasteiger partial charge is 0.493 e. The summed E-state index contributed by atoms with van der Waals surface area (Å²) in [6.45, 7) is 0. The second-order valence-corrected chi connectivity index (χ2v) is 2.12. The average Bonchev–Trinajstić information content (AvgIpc) is 2.09. The molecule has 0 spiro atoms. The standard InChI is InChI=1S/C8H8F2O2/c1-11-7-3-5(9)6(10)4-8(7)12-2/h3-4H,1-2H3. The molecule has 0 radical (unpaired) electrons. The van der Waals surface area contributed by atoms with Gasteiger partial charge in [0.15, 0.2) is 23.1 Å². The molecule has 0 aliphatic rings. The van der Waals surface area contributed by atoms with Gasteiger partial charge in [0.1, 0.15) is 0 Å². The van der Waals surface area contributed by atoms with Crippen molar-refractivity contribution in [2.24, 2.45) is 0 Å². The molecule has 0 heterocycles. The van der Waals surface area contributed by atoms with E-state index in [1.165, 1.54) is 14.2 Å². The minimum atomic E-state index is -0.951. The van der Waals surface area contributed by atoms with Gasteiger partial charge in [0.25, 0.3) is 0 Å². The third-order valence-corrected chi connectivity index (χ3v) is 1.43. The maximum atomic E-state index is 12.6. The first kappa shape index (κ1) is 8.77. The first-order chi connectivity index (χ1) is 5.69. The van der Waals surface area contributed by atoms with Gasteiger partial charge in [0.05, 0.1) is 14.2 Å². The fourth-order valence-corrected chi connectivity index (χ4v) is 0.829. The summed E-state index contributed by atoms with van der Waals surface area (Å²) in [5, 5.41) is 0. The van der Waals surface area contributed by atoms with Gasteiger partial charge in [-0.25, -0.2) is 8.78 Å². The predicted octanol–water partition coefficient (Wildman–Crippen LogP) is 1.98. The van der Waals surface area contributed by atoms with Crippen LogP contribution in [0.2, 0.25) is 0 Å². The van der Waals surface area contributed by atoms with Crippen molar-refractivity contribution in [3.63, 3.8) is 0 Å². The quantitative estimate of drug-likeness (QED) is 0.682. The molecular formula is C8H8F2O2. The predicted molar refractivity (Wildman–Crippen MR) is 39.5 cm³/mol. The Morgan fingerprint density at radius 1 is 0.917 bits per heavy atom. The highest BCUT2D eigenvalue weighted by Gasteiger charge is 2.09. The number of hydrogen-bond donors (Lipinski definition) is 0. The summed E-state index contributed by atoms with van der Waals surface area (Å²) in [4.78, 5) is 0. The Balaban J connectivity index is 3.19. The third-order valence-electron chi connectivity index (χ3n) is 1.43. The smallest absolute Gasteiger partial charge is 0.163 e. The number of hydrogen-bond acceptors (Lipinski definition) is 2. The number of halogens is 2. The molecule has 0 N–H and O–H groups in total. The molecule has 66 valence electrons. The van der Waals surface area contributed by atoms with Gasteiger partial charge in [-0.1, -0.05) is 0 Å². The topological polar surface area (TPSA) is 18.5 Å². The fraction of sp³-hybridized carbons (Fsp3) is 0.250. The monoisotopic (exact) mass is 174 g/mol. The molecule has 0 atom stereocenters. The number of benzene rings is 1. The van der Waals surface area contributed by atoms with Gasteiger partial charge in [-0.05, 0) is 0 Å². The molecular weight excluding hydrogens is 166 g/mol. The number of ether oxygens (including phenoxy) is 2. The molecule has 0 bridgehead atoms. The van der Waals surface area contributed by atoms with E-state index in [1.54, 1.807) is 0 Å². The molecule has 2 nitrogen and oxygen atoms in total. The van der Waals surface area contributed by atoms with Crippen LogP contribution in [0.1, 0.15) is 0 Å². The van der Waals surface area contributed by atoms with Gasteiger partial charge in [-0.2, -0.15) is 0 Å². The molecule has 0 aliphatic heterocycles. The molecule has 0 aromatic heterocycles. The lowest BCUT2D eigenvalue weighted by Gasteiger charge is -2.06. The van der Waals surface area contributed by atoms with Gasteiger partial charge in [-0.15, -0.1) is 0 Å². The van der Waals surface area contributed by atoms with Crippen LogP contribution in [0.4, 0.5) is 8.78 Å². The van der Waals surface area contributed by atoms with E-state index in [2.05, 4.69) is 0 Å². The normalized spacial score (nSPS) is 9.67. The van der Waals surface area contributed by atoms with Crippen molar-refractivity contribution >= 4 is 0 Å². The van der Waals surface area contributed by atoms with E-state index >= 15 is 0 Å². The lowest BCUT2D eigenvalue weighted by Crippen LogP contribution is -1.93. The molecule has 12 heavy (non-hydrogen) atoms. The zero-order valence-electron chi connectivity index (χ0n) is 6.73. The average molecular weight is 174 g/mol. The highest BCUT2D eigenvalue weighted by molar-refractivity contribution is 5.40. The molecule has 0 fully saturated rings. The van der Waals surface area contributed by atoms with E-state index in [4.69, 9.17) is 9.47 Å². The lowest BCUT2D eigenvalue weighted by molar-refractivity contribution is 0.347. The first-order valence-corrected chi connectivity index (χ1v) is 3.26. The second kappa shape index (κ2) is 3.38. The second-order valence-electron chi connectivity index (χ2n) is 2.12. The summed E-state index contributed by atoms with van der Waals surface area (Å²) in [7, 11) is 2.71. The van der Waals surface area contributed by atoms with Crippen molar-refractivity contribution in [2.45, 2.75) is 0 Å². The van der Waals surface area contributed by atoms with E-state index in [0.717, 1.165) is 12.1 Å². The summed E-state index contributed by atoms with van der Waals surface area (Å²) in [5.41, 5.74) is 0. The Bertz CT molecular complexity index is 258. The Morgan fingerprint density at radius 3 is 1.50 bits per heavy atom. The van der Waals surface area contributed by atoms with Crippen LogP contribution in [-0.2, 0) is 0 Å². The van der Waals surface area contributed by atoms with Crippen molar-refractivity contribution in [1.82, 2.24) is 0 Å². The van der Waals surface area contributed by atoms with E-state index < -0.39 is 11.6 Å². The summed E-state index contributed by atoms with van der Waals surface area (Å²) in [6, 6.07) is 1.88. The summed E-state index contributed by atoms with van der Waals surface area (Å²) in [5.74, 6) is -1.55. The molecule has 4 heteroatoms. The maximum absolute atomic E-state index is 12.6. The number of rotatable bonds is 2. The van der Waals surface area contributed by atoms with Crippen LogP contribution in [0, 0.1) is 11.6 Å². The highest BCUT2D eigenvalue weighted by Crippen LogP contribution is 2.28. The van der Waals surface area contributed by atoms with E-state index in [-0.39, 0.29) is 11.5 Å². The van der Waals surface area contributed by atoms with Gasteiger partial charge in [0.2, 0.25) is 0 Å². The van der Waals surface area contributed by atoms with Crippen LogP contribution in [0.15, 0.2) is 12.1 Å². The first-order valence-electron chi connectivity index (χ1n) is 3.26. The highest BCUT2D eigenvalue weighted by atomic mass is 19.2. The van der Waals surface area contributed by atoms with Crippen LogP contribution in [0.3, 0.4) is 0 Å². The summed E-state index contributed by atoms with van der Waals surface area (Å²) in [6.07, 6.45) is 0. The molecule has 0 saturated carbocycles. The van der Waals surface area contributed by atoms with Crippen molar-refractivity contribution in [1.29, 1.82) is 0 Å². The maximum Gasteiger partial charge on any atom is 0.163 e. The van der Waals surface area contributed by atoms with Crippen LogP contribution < -0.4 is 9.47 Å². The van der Waals surface area contributed by atoms with Gasteiger partial charge in [-0.3, -0.25) is 0 Å². The van der Waals surface area contributed by atoms with Crippen molar-refractivity contribution in [2.75, 3.05) is 14.2 Å². The Morgan fingerprint density at radius 2 is 1.25 bits per heavy atom. The Kier molecular flexibility index (Phi) is 2.47. The molecule has 1 aromatic carbocycles. The molecule has 0 amide bonds. The zero-order chi connectivity index (χ0) is 9.14. The summed E-state index contributed by atoms with van der Waals surface area (Å²) < 4.78 is 34.6. The molecule has 0 aliphatic carbocycles. The third kappa shape index (κ3) is 1.47. The van der Waals surface area contributed by atoms with Crippen molar-refractivity contribution < 1.29 is 18.3 Å². The molecule has 0 unspecified atom stereocenters. The summed E-state index contributed by atoms with van der Waals surface area (Å²) >= 11 is 0. The van der Waals surface area contributed by atoms with Crippen LogP contribution in [0.25, 0.3) is 0 Å². The van der Waals surface area contributed by atoms with Gasteiger partial charge >= 0.3 is 0 Å². The minimum absolute atomic E-state index is 0.177. The van der Waals surface area contributed by atoms with Crippen molar-refractivity contribution in [3.05, 3.63) is 23.8 Å². The Hall–Kier alpha value is -1.32. The number of methoxy groups -OCH3 is 2. The van der Waals surface area contributed by atoms with E-state index in [0.29, 0.717) is 0 Å². The molecule has 1 aromatic rings. The van der Waals surface area contributed by atoms with E-state index in [1.807, 2.05) is 0 Å². The van der Waals surface area contributed by atoms with Crippen LogP contribution in [-0.4, -0.2) is 14.2 Å². The Labute approximate surface area is 68.7 Å². The molecule has 0 saturated heterocycles. The molecule has 1 rings (SSSR count). The fourth-order valence-electron chi connectivity index (χ4n) is 0.829. The van der Waals surface area contributed by atoms with Crippen LogP contribution in [0.5, 0.6) is 11.5 Å². The zero-order valence-corrected chi connectivity index (χ0v) is 6.73. The van der Waals surface area contributed by atoms with Gasteiger partial charge in [0, 0.05) is 12.1 Å². The van der Waals surface area contributed by atoms with E-state index in [9.17, 15) is 8.78 Å².